The molecule has 3 atom stereocenters. The molecule has 1 heteroatoms. The zero-order chi connectivity index (χ0) is 8.28. The Kier molecular flexibility index (Phi) is 1.26. The van der Waals surface area contributed by atoms with Crippen LogP contribution in [0.25, 0.3) is 0 Å². The van der Waals surface area contributed by atoms with Crippen LogP contribution in [0.3, 0.4) is 0 Å². The van der Waals surface area contributed by atoms with Crippen molar-refractivity contribution >= 4 is 0 Å². The van der Waals surface area contributed by atoms with Gasteiger partial charge in [0.2, 0.25) is 0 Å². The van der Waals surface area contributed by atoms with E-state index in [9.17, 15) is 0 Å². The van der Waals surface area contributed by atoms with Crippen LogP contribution in [0.15, 0.2) is 0 Å². The third kappa shape index (κ3) is 0.752. The third-order valence-electron chi connectivity index (χ3n) is 4.05. The second kappa shape index (κ2) is 1.82. The van der Waals surface area contributed by atoms with Gasteiger partial charge in [0.05, 0.1) is 11.7 Å². The van der Waals surface area contributed by atoms with Gasteiger partial charge in [-0.1, -0.05) is 20.8 Å². The second-order valence-corrected chi connectivity index (χ2v) is 5.07. The van der Waals surface area contributed by atoms with Crippen LogP contribution in [0.5, 0.6) is 0 Å². The summed E-state index contributed by atoms with van der Waals surface area (Å²) in [5.41, 5.74) is 0.562. The lowest BCUT2D eigenvalue weighted by Gasteiger charge is -2.40. The molecule has 0 aromatic heterocycles. The molecule has 0 aliphatic carbocycles. The van der Waals surface area contributed by atoms with Crippen LogP contribution >= 0.6 is 0 Å². The molecule has 0 aromatic rings. The maximum atomic E-state index is 5.99. The van der Waals surface area contributed by atoms with Gasteiger partial charge in [0.15, 0.2) is 0 Å². The highest BCUT2D eigenvalue weighted by molar-refractivity contribution is 5.07. The summed E-state index contributed by atoms with van der Waals surface area (Å²) < 4.78 is 5.99. The highest BCUT2D eigenvalue weighted by Crippen LogP contribution is 2.57. The average molecular weight is 154 g/mol. The van der Waals surface area contributed by atoms with Gasteiger partial charge in [-0.15, -0.1) is 0 Å². The van der Waals surface area contributed by atoms with E-state index >= 15 is 0 Å². The molecule has 0 N–H and O–H groups in total. The molecule has 2 fully saturated rings. The Hall–Kier alpha value is -0.0400. The Bertz CT molecular complexity index is 185. The molecule has 11 heavy (non-hydrogen) atoms. The Labute approximate surface area is 69.1 Å². The van der Waals surface area contributed by atoms with Crippen molar-refractivity contribution < 1.29 is 4.74 Å². The summed E-state index contributed by atoms with van der Waals surface area (Å²) in [6.45, 7) is 9.27. The van der Waals surface area contributed by atoms with Gasteiger partial charge in [-0.25, -0.2) is 0 Å². The normalized spacial score (nSPS) is 53.5. The molecule has 2 aliphatic heterocycles. The topological polar surface area (TPSA) is 9.23 Å². The fourth-order valence-electron chi connectivity index (χ4n) is 2.85. The average Bonchev–Trinajstić information content (AvgIpc) is 2.16. The molecule has 2 saturated heterocycles. The van der Waals surface area contributed by atoms with Gasteiger partial charge in [-0.3, -0.25) is 0 Å². The zero-order valence-electron chi connectivity index (χ0n) is 7.98. The first kappa shape index (κ1) is 7.60. The lowest BCUT2D eigenvalue weighted by atomic mass is 9.64. The van der Waals surface area contributed by atoms with Crippen molar-refractivity contribution in [2.45, 2.75) is 52.2 Å². The second-order valence-electron chi connectivity index (χ2n) is 5.07. The summed E-state index contributed by atoms with van der Waals surface area (Å²) in [5.74, 6) is 0.747. The molecule has 0 amide bonds. The molecule has 0 aromatic carbocycles. The Morgan fingerprint density at radius 1 is 1.27 bits per heavy atom. The quantitative estimate of drug-likeness (QED) is 0.521. The van der Waals surface area contributed by atoms with Gasteiger partial charge < -0.3 is 4.74 Å². The summed E-state index contributed by atoms with van der Waals surface area (Å²) in [6, 6.07) is 0. The molecular weight excluding hydrogens is 136 g/mol. The minimum atomic E-state index is 0.164. The Morgan fingerprint density at radius 2 is 1.91 bits per heavy atom. The summed E-state index contributed by atoms with van der Waals surface area (Å²) in [6.07, 6.45) is 3.10. The van der Waals surface area contributed by atoms with Crippen LogP contribution in [0.4, 0.5) is 0 Å². The molecule has 64 valence electrons. The minimum Gasteiger partial charge on any atom is -0.371 e. The monoisotopic (exact) mass is 154 g/mol. The lowest BCUT2D eigenvalue weighted by Crippen LogP contribution is -2.43. The number of fused-ring (bicyclic) bond motifs is 2. The van der Waals surface area contributed by atoms with Crippen LogP contribution in [-0.4, -0.2) is 11.7 Å². The standard InChI is InChI=1S/C10H18O/c1-7-5-8-6-9(2,3)10(7,4)11-8/h7-8H,5-6H2,1-4H3/t7-,8-,10-/m1/s1. The van der Waals surface area contributed by atoms with Crippen molar-refractivity contribution in [1.29, 1.82) is 0 Å². The number of hydrogen-bond donors (Lipinski definition) is 0. The summed E-state index contributed by atoms with van der Waals surface area (Å²) in [4.78, 5) is 0. The SMILES string of the molecule is C[C@@H]1C[C@@H]2CC(C)(C)[C@]1(C)O2. The van der Waals surface area contributed by atoms with E-state index in [1.165, 1.54) is 12.8 Å². The highest BCUT2D eigenvalue weighted by Gasteiger charge is 2.59. The van der Waals surface area contributed by atoms with Crippen LogP contribution in [-0.2, 0) is 4.74 Å². The van der Waals surface area contributed by atoms with E-state index < -0.39 is 0 Å². The Balaban J connectivity index is 2.34. The molecule has 2 bridgehead atoms. The first-order valence-corrected chi connectivity index (χ1v) is 4.63. The van der Waals surface area contributed by atoms with E-state index in [1.54, 1.807) is 0 Å². The van der Waals surface area contributed by atoms with E-state index in [4.69, 9.17) is 4.74 Å². The molecule has 0 saturated carbocycles. The maximum Gasteiger partial charge on any atom is 0.0736 e. The summed E-state index contributed by atoms with van der Waals surface area (Å²) in [5, 5.41) is 0. The van der Waals surface area contributed by atoms with E-state index in [0.717, 1.165) is 5.92 Å². The zero-order valence-corrected chi connectivity index (χ0v) is 7.98. The van der Waals surface area contributed by atoms with Crippen LogP contribution in [0, 0.1) is 11.3 Å². The van der Waals surface area contributed by atoms with Gasteiger partial charge in [0.25, 0.3) is 0 Å². The van der Waals surface area contributed by atoms with Crippen molar-refractivity contribution in [1.82, 2.24) is 0 Å². The predicted molar refractivity (Wildman–Crippen MR) is 45.5 cm³/mol. The fraction of sp³-hybridized carbons (Fsp3) is 1.00. The van der Waals surface area contributed by atoms with Crippen LogP contribution < -0.4 is 0 Å². The van der Waals surface area contributed by atoms with E-state index in [0.29, 0.717) is 11.5 Å². The van der Waals surface area contributed by atoms with Crippen LogP contribution in [0.2, 0.25) is 0 Å². The number of hydrogen-bond acceptors (Lipinski definition) is 1. The first-order valence-electron chi connectivity index (χ1n) is 4.63. The molecule has 0 radical (unpaired) electrons. The highest BCUT2D eigenvalue weighted by atomic mass is 16.5. The summed E-state index contributed by atoms with van der Waals surface area (Å²) >= 11 is 0. The summed E-state index contributed by atoms with van der Waals surface area (Å²) in [7, 11) is 0. The number of rotatable bonds is 0. The van der Waals surface area contributed by atoms with Gasteiger partial charge in [-0.05, 0) is 31.1 Å². The van der Waals surface area contributed by atoms with Crippen molar-refractivity contribution in [3.8, 4) is 0 Å². The third-order valence-corrected chi connectivity index (χ3v) is 4.05. The maximum absolute atomic E-state index is 5.99. The molecule has 1 nitrogen and oxygen atoms in total. The molecule has 0 spiro atoms. The van der Waals surface area contributed by atoms with Crippen molar-refractivity contribution in [2.24, 2.45) is 11.3 Å². The van der Waals surface area contributed by atoms with Crippen molar-refractivity contribution in [2.75, 3.05) is 0 Å². The number of ether oxygens (including phenoxy) is 1. The largest absolute Gasteiger partial charge is 0.371 e. The van der Waals surface area contributed by atoms with Gasteiger partial charge in [0, 0.05) is 0 Å². The lowest BCUT2D eigenvalue weighted by molar-refractivity contribution is -0.0435. The molecular formula is C10H18O. The first-order chi connectivity index (χ1) is 4.96. The van der Waals surface area contributed by atoms with Gasteiger partial charge in [0.1, 0.15) is 0 Å². The van der Waals surface area contributed by atoms with E-state index in [-0.39, 0.29) is 5.60 Å². The molecule has 0 unspecified atom stereocenters. The van der Waals surface area contributed by atoms with Gasteiger partial charge >= 0.3 is 0 Å². The van der Waals surface area contributed by atoms with Crippen molar-refractivity contribution in [3.63, 3.8) is 0 Å². The van der Waals surface area contributed by atoms with Crippen LogP contribution in [0.1, 0.15) is 40.5 Å². The van der Waals surface area contributed by atoms with E-state index in [1.807, 2.05) is 0 Å². The molecule has 2 rings (SSSR count). The van der Waals surface area contributed by atoms with Crippen molar-refractivity contribution in [3.05, 3.63) is 0 Å². The molecule has 2 heterocycles. The Morgan fingerprint density at radius 3 is 2.18 bits per heavy atom. The minimum absolute atomic E-state index is 0.164. The van der Waals surface area contributed by atoms with Gasteiger partial charge in [-0.2, -0.15) is 0 Å². The van der Waals surface area contributed by atoms with E-state index in [2.05, 4.69) is 27.7 Å². The fourth-order valence-corrected chi connectivity index (χ4v) is 2.85. The smallest absolute Gasteiger partial charge is 0.0736 e. The molecule has 2 aliphatic rings. The predicted octanol–water partition coefficient (Wildman–Crippen LogP) is 2.60.